The first-order valence-corrected chi connectivity index (χ1v) is 9.16. The van der Waals surface area contributed by atoms with Gasteiger partial charge in [-0.2, -0.15) is 0 Å². The summed E-state index contributed by atoms with van der Waals surface area (Å²) in [5.41, 5.74) is 0. The van der Waals surface area contributed by atoms with E-state index in [0.29, 0.717) is 18.1 Å². The Labute approximate surface area is 149 Å². The molecule has 2 aromatic rings. The van der Waals surface area contributed by atoms with Crippen LogP contribution in [0.15, 0.2) is 24.5 Å². The highest BCUT2D eigenvalue weighted by Crippen LogP contribution is 2.26. The fraction of sp³-hybridized carbons (Fsp3) is 0.579. The molecular formula is C19H29N5O. The molecule has 1 fully saturated rings. The molecule has 0 amide bonds. The van der Waals surface area contributed by atoms with E-state index in [1.54, 1.807) is 7.11 Å². The molecule has 2 atom stereocenters. The second-order valence-electron chi connectivity index (χ2n) is 7.05. The van der Waals surface area contributed by atoms with Gasteiger partial charge in [-0.05, 0) is 45.2 Å². The molecule has 1 aliphatic carbocycles. The van der Waals surface area contributed by atoms with Crippen molar-refractivity contribution in [1.29, 1.82) is 0 Å². The van der Waals surface area contributed by atoms with E-state index < -0.39 is 0 Å². The van der Waals surface area contributed by atoms with Crippen LogP contribution in [0.1, 0.15) is 33.1 Å². The molecule has 0 aromatic carbocycles. The maximum atomic E-state index is 5.10. The summed E-state index contributed by atoms with van der Waals surface area (Å²) < 4.78 is 5.10. The number of rotatable bonds is 8. The third-order valence-electron chi connectivity index (χ3n) is 4.60. The predicted molar refractivity (Wildman–Crippen MR) is 103 cm³/mol. The van der Waals surface area contributed by atoms with Crippen LogP contribution in [-0.4, -0.2) is 48.4 Å². The molecule has 0 bridgehead atoms. The first kappa shape index (κ1) is 17.9. The zero-order valence-corrected chi connectivity index (χ0v) is 15.4. The van der Waals surface area contributed by atoms with Gasteiger partial charge >= 0.3 is 0 Å². The molecule has 25 heavy (non-hydrogen) atoms. The molecule has 0 radical (unpaired) electrons. The molecule has 1 saturated carbocycles. The molecule has 0 unspecified atom stereocenters. The number of anilines is 2. The summed E-state index contributed by atoms with van der Waals surface area (Å²) in [4.78, 5) is 9.07. The molecule has 2 aromatic heterocycles. The van der Waals surface area contributed by atoms with Gasteiger partial charge in [0.25, 0.3) is 0 Å². The van der Waals surface area contributed by atoms with Crippen molar-refractivity contribution in [3.05, 3.63) is 24.5 Å². The van der Waals surface area contributed by atoms with E-state index in [4.69, 9.17) is 4.74 Å². The van der Waals surface area contributed by atoms with E-state index in [1.807, 2.05) is 18.5 Å². The number of fused-ring (bicyclic) bond motifs is 1. The van der Waals surface area contributed by atoms with E-state index in [9.17, 15) is 0 Å². The second kappa shape index (κ2) is 8.45. The van der Waals surface area contributed by atoms with E-state index in [2.05, 4.69) is 45.8 Å². The number of hydrogen-bond acceptors (Lipinski definition) is 6. The Morgan fingerprint density at radius 1 is 1.24 bits per heavy atom. The average molecular weight is 343 g/mol. The van der Waals surface area contributed by atoms with Gasteiger partial charge in [0, 0.05) is 54.9 Å². The van der Waals surface area contributed by atoms with Crippen molar-refractivity contribution in [2.24, 2.45) is 0 Å². The minimum Gasteiger partial charge on any atom is -0.383 e. The Morgan fingerprint density at radius 3 is 2.88 bits per heavy atom. The molecule has 6 nitrogen and oxygen atoms in total. The fourth-order valence-corrected chi connectivity index (χ4v) is 3.41. The summed E-state index contributed by atoms with van der Waals surface area (Å²) in [6.07, 6.45) is 7.22. The monoisotopic (exact) mass is 343 g/mol. The average Bonchev–Trinajstić information content (AvgIpc) is 3.02. The van der Waals surface area contributed by atoms with Crippen LogP contribution in [-0.2, 0) is 4.74 Å². The smallest absolute Gasteiger partial charge is 0.134 e. The highest BCUT2D eigenvalue weighted by Gasteiger charge is 2.24. The molecule has 0 saturated heterocycles. The zero-order chi connectivity index (χ0) is 17.6. The van der Waals surface area contributed by atoms with Crippen molar-refractivity contribution in [3.63, 3.8) is 0 Å². The number of aromatic nitrogens is 2. The molecule has 3 rings (SSSR count). The molecule has 0 spiro atoms. The molecule has 2 heterocycles. The molecule has 3 N–H and O–H groups in total. The lowest BCUT2D eigenvalue weighted by atomic mass is 10.2. The first-order valence-electron chi connectivity index (χ1n) is 9.16. The van der Waals surface area contributed by atoms with Gasteiger partial charge < -0.3 is 20.7 Å². The van der Waals surface area contributed by atoms with Gasteiger partial charge in [-0.3, -0.25) is 0 Å². The maximum Gasteiger partial charge on any atom is 0.134 e. The highest BCUT2D eigenvalue weighted by molar-refractivity contribution is 5.92. The van der Waals surface area contributed by atoms with Gasteiger partial charge in [0.2, 0.25) is 0 Å². The van der Waals surface area contributed by atoms with Crippen LogP contribution < -0.4 is 16.0 Å². The van der Waals surface area contributed by atoms with Crippen LogP contribution in [0.2, 0.25) is 0 Å². The van der Waals surface area contributed by atoms with Gasteiger partial charge in [0.15, 0.2) is 0 Å². The molecule has 1 aliphatic rings. The number of pyridine rings is 2. The summed E-state index contributed by atoms with van der Waals surface area (Å²) in [5, 5.41) is 12.8. The minimum atomic E-state index is 0.344. The highest BCUT2D eigenvalue weighted by atomic mass is 16.5. The third-order valence-corrected chi connectivity index (χ3v) is 4.60. The number of ether oxygens (including phenoxy) is 1. The molecule has 136 valence electrons. The van der Waals surface area contributed by atoms with Crippen molar-refractivity contribution < 1.29 is 4.74 Å². The SMILES string of the molecule is COCCN[C@H]1CC[C@H](Nc2cc3c(NC(C)C)nccc3cn2)C1. The van der Waals surface area contributed by atoms with Crippen LogP contribution in [0.25, 0.3) is 10.8 Å². The minimum absolute atomic E-state index is 0.344. The van der Waals surface area contributed by atoms with Crippen LogP contribution in [0.5, 0.6) is 0 Å². The van der Waals surface area contributed by atoms with Crippen molar-refractivity contribution in [2.45, 2.75) is 51.2 Å². The van der Waals surface area contributed by atoms with Gasteiger partial charge in [0.1, 0.15) is 11.6 Å². The summed E-state index contributed by atoms with van der Waals surface area (Å²) in [7, 11) is 1.74. The molecular weight excluding hydrogens is 314 g/mol. The fourth-order valence-electron chi connectivity index (χ4n) is 3.41. The van der Waals surface area contributed by atoms with Crippen molar-refractivity contribution >= 4 is 22.4 Å². The van der Waals surface area contributed by atoms with Crippen LogP contribution >= 0.6 is 0 Å². The lowest BCUT2D eigenvalue weighted by Crippen LogP contribution is -2.30. The van der Waals surface area contributed by atoms with Gasteiger partial charge in [-0.25, -0.2) is 9.97 Å². The van der Waals surface area contributed by atoms with E-state index in [-0.39, 0.29) is 0 Å². The number of nitrogens with zero attached hydrogens (tertiary/aromatic N) is 2. The van der Waals surface area contributed by atoms with Crippen molar-refractivity contribution in [2.75, 3.05) is 30.9 Å². The molecule has 6 heteroatoms. The summed E-state index contributed by atoms with van der Waals surface area (Å²) in [6.45, 7) is 5.92. The summed E-state index contributed by atoms with van der Waals surface area (Å²) in [5.74, 6) is 1.85. The standard InChI is InChI=1S/C19H29N5O/c1-13(2)23-19-17-11-18(22-12-14(17)6-7-21-19)24-16-5-4-15(10-16)20-8-9-25-3/h6-7,11-13,15-16,20H,4-5,8-10H2,1-3H3,(H,21,23)(H,22,24)/t15-,16-/m0/s1. The van der Waals surface area contributed by atoms with E-state index in [1.165, 1.54) is 6.42 Å². The van der Waals surface area contributed by atoms with E-state index >= 15 is 0 Å². The van der Waals surface area contributed by atoms with Crippen LogP contribution in [0.3, 0.4) is 0 Å². The van der Waals surface area contributed by atoms with Crippen molar-refractivity contribution in [3.8, 4) is 0 Å². The summed E-state index contributed by atoms with van der Waals surface area (Å²) in [6, 6.07) is 5.48. The third kappa shape index (κ3) is 4.80. The Kier molecular flexibility index (Phi) is 6.04. The number of nitrogens with one attached hydrogen (secondary N) is 3. The normalized spacial score (nSPS) is 20.3. The van der Waals surface area contributed by atoms with Gasteiger partial charge in [-0.15, -0.1) is 0 Å². The van der Waals surface area contributed by atoms with Gasteiger partial charge in [0.05, 0.1) is 6.61 Å². The van der Waals surface area contributed by atoms with E-state index in [0.717, 1.165) is 48.4 Å². The Balaban J connectivity index is 1.66. The van der Waals surface area contributed by atoms with Crippen molar-refractivity contribution in [1.82, 2.24) is 15.3 Å². The Morgan fingerprint density at radius 2 is 2.08 bits per heavy atom. The Bertz CT molecular complexity index is 691. The zero-order valence-electron chi connectivity index (χ0n) is 15.4. The number of hydrogen-bond donors (Lipinski definition) is 3. The topological polar surface area (TPSA) is 71.1 Å². The van der Waals surface area contributed by atoms with Crippen LogP contribution in [0.4, 0.5) is 11.6 Å². The largest absolute Gasteiger partial charge is 0.383 e. The quantitative estimate of drug-likeness (QED) is 0.640. The summed E-state index contributed by atoms with van der Waals surface area (Å²) >= 11 is 0. The Hall–Kier alpha value is -1.92. The molecule has 0 aliphatic heterocycles. The maximum absolute atomic E-state index is 5.10. The predicted octanol–water partition coefficient (Wildman–Crippen LogP) is 3.02. The second-order valence-corrected chi connectivity index (χ2v) is 7.05. The van der Waals surface area contributed by atoms with Gasteiger partial charge in [-0.1, -0.05) is 0 Å². The lowest BCUT2D eigenvalue weighted by molar-refractivity contribution is 0.195. The number of methoxy groups -OCH3 is 1. The first-order chi connectivity index (χ1) is 12.2. The van der Waals surface area contributed by atoms with Crippen LogP contribution in [0, 0.1) is 0 Å². The lowest BCUT2D eigenvalue weighted by Gasteiger charge is -2.16.